The smallest absolute Gasteiger partial charge is 0.294 e. The van der Waals surface area contributed by atoms with Crippen LogP contribution in [0, 0.1) is 16.0 Å². The Morgan fingerprint density at radius 1 is 1.48 bits per heavy atom. The van der Waals surface area contributed by atoms with Crippen LogP contribution in [0.3, 0.4) is 0 Å². The van der Waals surface area contributed by atoms with E-state index in [-0.39, 0.29) is 17.3 Å². The molecular formula is C14H20N4O3. The molecule has 114 valence electrons. The highest BCUT2D eigenvalue weighted by Gasteiger charge is 2.22. The number of nitrogens with one attached hydrogen (secondary N) is 1. The number of nitro groups is 1. The van der Waals surface area contributed by atoms with Crippen LogP contribution in [-0.2, 0) is 0 Å². The van der Waals surface area contributed by atoms with Crippen molar-refractivity contribution in [1.82, 2.24) is 4.90 Å². The third-order valence-electron chi connectivity index (χ3n) is 3.95. The topological polar surface area (TPSA) is 102 Å². The van der Waals surface area contributed by atoms with Gasteiger partial charge in [0.05, 0.1) is 4.92 Å². The predicted octanol–water partition coefficient (Wildman–Crippen LogP) is 2.14. The van der Waals surface area contributed by atoms with E-state index in [9.17, 15) is 14.9 Å². The number of anilines is 1. The minimum atomic E-state index is -0.553. The van der Waals surface area contributed by atoms with E-state index < -0.39 is 4.92 Å². The van der Waals surface area contributed by atoms with Crippen LogP contribution in [-0.4, -0.2) is 29.3 Å². The van der Waals surface area contributed by atoms with E-state index >= 15 is 0 Å². The summed E-state index contributed by atoms with van der Waals surface area (Å²) >= 11 is 0. The number of carbonyl (C=O) groups is 1. The van der Waals surface area contributed by atoms with Crippen molar-refractivity contribution in [1.29, 1.82) is 0 Å². The number of amides is 1. The van der Waals surface area contributed by atoms with Gasteiger partial charge in [0.25, 0.3) is 11.6 Å². The number of hydrogen-bond donors (Lipinski definition) is 2. The number of nitrogens with two attached hydrogens (primary N) is 1. The first-order valence-electron chi connectivity index (χ1n) is 7.03. The number of benzene rings is 1. The zero-order valence-corrected chi connectivity index (χ0v) is 12.0. The Morgan fingerprint density at radius 2 is 2.14 bits per heavy atom. The molecule has 0 spiro atoms. The van der Waals surface area contributed by atoms with Gasteiger partial charge in [-0.15, -0.1) is 0 Å². The van der Waals surface area contributed by atoms with Crippen LogP contribution in [0.25, 0.3) is 0 Å². The first-order valence-corrected chi connectivity index (χ1v) is 7.03. The molecule has 0 unspecified atom stereocenters. The van der Waals surface area contributed by atoms with E-state index in [0.717, 1.165) is 12.8 Å². The Kier molecular flexibility index (Phi) is 4.74. The molecule has 1 amide bonds. The van der Waals surface area contributed by atoms with Crippen LogP contribution in [0.4, 0.5) is 11.4 Å². The second kappa shape index (κ2) is 6.53. The molecule has 7 nitrogen and oxygen atoms in total. The molecule has 1 saturated carbocycles. The van der Waals surface area contributed by atoms with Gasteiger partial charge < -0.3 is 10.3 Å². The minimum Gasteiger partial charge on any atom is -0.341 e. The van der Waals surface area contributed by atoms with Gasteiger partial charge in [-0.25, -0.2) is 0 Å². The Hall–Kier alpha value is -2.15. The first-order chi connectivity index (χ1) is 10.0. The van der Waals surface area contributed by atoms with Crippen LogP contribution < -0.4 is 11.3 Å². The third kappa shape index (κ3) is 3.49. The van der Waals surface area contributed by atoms with Crippen molar-refractivity contribution in [3.05, 3.63) is 33.9 Å². The quantitative estimate of drug-likeness (QED) is 0.492. The maximum Gasteiger partial charge on any atom is 0.294 e. The lowest BCUT2D eigenvalue weighted by atomic mass is 10.1. The van der Waals surface area contributed by atoms with Crippen molar-refractivity contribution in [2.75, 3.05) is 19.0 Å². The van der Waals surface area contributed by atoms with Crippen LogP contribution in [0.1, 0.15) is 36.0 Å². The van der Waals surface area contributed by atoms with E-state index in [1.54, 1.807) is 18.0 Å². The fourth-order valence-electron chi connectivity index (χ4n) is 2.82. The molecule has 1 aliphatic carbocycles. The Bertz CT molecular complexity index is 541. The zero-order valence-electron chi connectivity index (χ0n) is 12.0. The molecule has 0 aromatic heterocycles. The van der Waals surface area contributed by atoms with Crippen LogP contribution in [0.15, 0.2) is 18.2 Å². The molecule has 0 radical (unpaired) electrons. The molecule has 0 bridgehead atoms. The van der Waals surface area contributed by atoms with E-state index in [0.29, 0.717) is 18.0 Å². The number of carbonyl (C=O) groups excluding carboxylic acids is 1. The molecule has 21 heavy (non-hydrogen) atoms. The van der Waals surface area contributed by atoms with E-state index in [2.05, 4.69) is 5.43 Å². The second-order valence-corrected chi connectivity index (χ2v) is 5.47. The van der Waals surface area contributed by atoms with Crippen molar-refractivity contribution in [2.24, 2.45) is 11.8 Å². The summed E-state index contributed by atoms with van der Waals surface area (Å²) in [7, 11) is 1.74. The van der Waals surface area contributed by atoms with Gasteiger partial charge in [-0.3, -0.25) is 20.8 Å². The lowest BCUT2D eigenvalue weighted by molar-refractivity contribution is -0.384. The monoisotopic (exact) mass is 292 g/mol. The normalized spacial score (nSPS) is 15.0. The summed E-state index contributed by atoms with van der Waals surface area (Å²) in [6, 6.07) is 4.27. The maximum atomic E-state index is 12.4. The molecule has 0 aliphatic heterocycles. The molecule has 1 fully saturated rings. The fourth-order valence-corrected chi connectivity index (χ4v) is 2.82. The lowest BCUT2D eigenvalue weighted by Gasteiger charge is -2.21. The van der Waals surface area contributed by atoms with E-state index in [1.807, 2.05) is 0 Å². The van der Waals surface area contributed by atoms with Crippen molar-refractivity contribution >= 4 is 17.3 Å². The lowest BCUT2D eigenvalue weighted by Crippen LogP contribution is -2.31. The number of nitro benzene ring substituents is 1. The average molecular weight is 292 g/mol. The molecule has 1 aliphatic rings. The van der Waals surface area contributed by atoms with Crippen molar-refractivity contribution < 1.29 is 9.72 Å². The van der Waals surface area contributed by atoms with Crippen molar-refractivity contribution in [3.8, 4) is 0 Å². The van der Waals surface area contributed by atoms with Crippen LogP contribution >= 0.6 is 0 Å². The van der Waals surface area contributed by atoms with Gasteiger partial charge in [-0.05, 0) is 30.9 Å². The first kappa shape index (κ1) is 15.2. The largest absolute Gasteiger partial charge is 0.341 e. The van der Waals surface area contributed by atoms with Crippen LogP contribution in [0.2, 0.25) is 0 Å². The molecule has 7 heteroatoms. The number of nitrogen functional groups attached to an aromatic ring is 1. The molecule has 0 saturated heterocycles. The number of hydrazine groups is 1. The second-order valence-electron chi connectivity index (χ2n) is 5.47. The SMILES string of the molecule is CN(CC1CCCC1)C(=O)c1ccc(NN)c([N+](=O)[O-])c1. The Labute approximate surface area is 123 Å². The maximum absolute atomic E-state index is 12.4. The molecular weight excluding hydrogens is 272 g/mol. The molecule has 0 atom stereocenters. The van der Waals surface area contributed by atoms with E-state index in [1.165, 1.54) is 25.0 Å². The third-order valence-corrected chi connectivity index (χ3v) is 3.95. The van der Waals surface area contributed by atoms with Gasteiger partial charge in [-0.1, -0.05) is 12.8 Å². The fraction of sp³-hybridized carbons (Fsp3) is 0.500. The minimum absolute atomic E-state index is 0.190. The summed E-state index contributed by atoms with van der Waals surface area (Å²) in [5.74, 6) is 5.57. The van der Waals surface area contributed by atoms with Crippen LogP contribution in [0.5, 0.6) is 0 Å². The molecule has 2 rings (SSSR count). The zero-order chi connectivity index (χ0) is 15.4. The summed E-state index contributed by atoms with van der Waals surface area (Å²) < 4.78 is 0. The number of rotatable bonds is 5. The highest BCUT2D eigenvalue weighted by Crippen LogP contribution is 2.27. The predicted molar refractivity (Wildman–Crippen MR) is 79.8 cm³/mol. The standard InChI is InChI=1S/C14H20N4O3/c1-17(9-10-4-2-3-5-10)14(19)11-6-7-12(16-15)13(8-11)18(20)21/h6-8,10,16H,2-5,9,15H2,1H3. The number of hydrogen-bond acceptors (Lipinski definition) is 5. The summed E-state index contributed by atoms with van der Waals surface area (Å²) in [6.45, 7) is 0.698. The van der Waals surface area contributed by atoms with Gasteiger partial charge in [0.2, 0.25) is 0 Å². The highest BCUT2D eigenvalue weighted by atomic mass is 16.6. The molecule has 1 aromatic carbocycles. The van der Waals surface area contributed by atoms with E-state index in [4.69, 9.17) is 5.84 Å². The van der Waals surface area contributed by atoms with Crippen molar-refractivity contribution in [2.45, 2.75) is 25.7 Å². The summed E-state index contributed by atoms with van der Waals surface area (Å²) in [5, 5.41) is 11.0. The summed E-state index contributed by atoms with van der Waals surface area (Å²) in [5.41, 5.74) is 2.56. The Morgan fingerprint density at radius 3 is 2.71 bits per heavy atom. The van der Waals surface area contributed by atoms with Gasteiger partial charge in [-0.2, -0.15) is 0 Å². The van der Waals surface area contributed by atoms with Gasteiger partial charge in [0.1, 0.15) is 5.69 Å². The van der Waals surface area contributed by atoms with Gasteiger partial charge in [0, 0.05) is 25.2 Å². The summed E-state index contributed by atoms with van der Waals surface area (Å²) in [4.78, 5) is 24.4. The average Bonchev–Trinajstić information content (AvgIpc) is 2.98. The Balaban J connectivity index is 2.14. The molecule has 0 heterocycles. The highest BCUT2D eigenvalue weighted by molar-refractivity contribution is 5.95. The number of nitrogens with zero attached hydrogens (tertiary/aromatic N) is 2. The molecule has 3 N–H and O–H groups in total. The summed E-state index contributed by atoms with van der Waals surface area (Å²) in [6.07, 6.45) is 4.73. The van der Waals surface area contributed by atoms with Crippen molar-refractivity contribution in [3.63, 3.8) is 0 Å². The van der Waals surface area contributed by atoms with Gasteiger partial charge in [0.15, 0.2) is 0 Å². The van der Waals surface area contributed by atoms with Gasteiger partial charge >= 0.3 is 0 Å². The molecule has 1 aromatic rings.